The van der Waals surface area contributed by atoms with E-state index in [2.05, 4.69) is 45.4 Å². The van der Waals surface area contributed by atoms with E-state index in [-0.39, 0.29) is 5.83 Å². The van der Waals surface area contributed by atoms with Gasteiger partial charge in [-0.1, -0.05) is 52.2 Å². The SMILES string of the molecule is C/C=C(\C)NCN/C=C(/C)F.C=CC(=C)c1c(CNCCSC)cn2ncnc(N)c12.CC.CC/C=C(\C)C(F)(F)F. The van der Waals surface area contributed by atoms with Gasteiger partial charge in [0.25, 0.3) is 0 Å². The summed E-state index contributed by atoms with van der Waals surface area (Å²) in [6.07, 6.45) is 7.99. The van der Waals surface area contributed by atoms with Crippen LogP contribution in [0.25, 0.3) is 11.1 Å². The third-order valence-electron chi connectivity index (χ3n) is 5.21. The van der Waals surface area contributed by atoms with Gasteiger partial charge in [0.1, 0.15) is 17.7 Å². The number of alkyl halides is 3. The minimum atomic E-state index is -4.13. The molecule has 0 aromatic carbocycles. The van der Waals surface area contributed by atoms with Gasteiger partial charge in [-0.15, -0.1) is 0 Å². The summed E-state index contributed by atoms with van der Waals surface area (Å²) in [6, 6.07) is 0. The Morgan fingerprint density at radius 3 is 2.33 bits per heavy atom. The molecule has 238 valence electrons. The number of allylic oxidation sites excluding steroid dienone is 7. The fraction of sp³-hybridized carbons (Fsp3) is 0.467. The predicted octanol–water partition coefficient (Wildman–Crippen LogP) is 7.77. The number of fused-ring (bicyclic) bond motifs is 1. The van der Waals surface area contributed by atoms with Crippen LogP contribution in [0.15, 0.2) is 67.2 Å². The number of aromatic nitrogens is 3. The molecule has 12 heteroatoms. The topological polar surface area (TPSA) is 92.3 Å². The maximum Gasteiger partial charge on any atom is 0.412 e. The zero-order valence-corrected chi connectivity index (χ0v) is 27.1. The Hall–Kier alpha value is -3.25. The van der Waals surface area contributed by atoms with Crippen molar-refractivity contribution in [1.29, 1.82) is 0 Å². The first-order valence-corrected chi connectivity index (χ1v) is 15.0. The third kappa shape index (κ3) is 16.9. The molecular formula is C30H49F4N7S. The van der Waals surface area contributed by atoms with Crippen molar-refractivity contribution >= 4 is 28.7 Å². The van der Waals surface area contributed by atoms with Crippen LogP contribution in [0.5, 0.6) is 0 Å². The van der Waals surface area contributed by atoms with E-state index in [1.54, 1.807) is 17.5 Å². The van der Waals surface area contributed by atoms with Gasteiger partial charge in [-0.05, 0) is 51.5 Å². The monoisotopic (exact) mass is 615 g/mol. The van der Waals surface area contributed by atoms with Crippen molar-refractivity contribution in [1.82, 2.24) is 30.5 Å². The van der Waals surface area contributed by atoms with E-state index in [0.29, 0.717) is 18.9 Å². The molecule has 42 heavy (non-hydrogen) atoms. The molecule has 2 aromatic heterocycles. The number of nitrogen functional groups attached to an aromatic ring is 1. The van der Waals surface area contributed by atoms with Crippen LogP contribution in [0.3, 0.4) is 0 Å². The largest absolute Gasteiger partial charge is 0.412 e. The van der Waals surface area contributed by atoms with Crippen molar-refractivity contribution in [2.75, 3.05) is 31.0 Å². The molecule has 0 atom stereocenters. The molecule has 0 aliphatic heterocycles. The van der Waals surface area contributed by atoms with Gasteiger partial charge >= 0.3 is 6.18 Å². The van der Waals surface area contributed by atoms with Crippen molar-refractivity contribution in [3.8, 4) is 0 Å². The molecule has 0 radical (unpaired) electrons. The molecule has 0 unspecified atom stereocenters. The lowest BCUT2D eigenvalue weighted by molar-refractivity contribution is -0.0915. The molecule has 0 aliphatic rings. The van der Waals surface area contributed by atoms with Crippen molar-refractivity contribution in [2.24, 2.45) is 0 Å². The molecule has 5 N–H and O–H groups in total. The van der Waals surface area contributed by atoms with Crippen LogP contribution >= 0.6 is 11.8 Å². The molecule has 2 heterocycles. The number of hydrogen-bond donors (Lipinski definition) is 4. The summed E-state index contributed by atoms with van der Waals surface area (Å²) < 4.78 is 48.5. The molecule has 0 saturated carbocycles. The Bertz CT molecular complexity index is 1150. The number of rotatable bonds is 12. The molecule has 0 amide bonds. The van der Waals surface area contributed by atoms with Crippen LogP contribution in [-0.2, 0) is 6.54 Å². The maximum atomic E-state index is 12.1. The maximum absolute atomic E-state index is 12.1. The van der Waals surface area contributed by atoms with Crippen LogP contribution in [-0.4, -0.2) is 46.0 Å². The number of nitrogens with two attached hydrogens (primary N) is 1. The molecule has 0 aliphatic carbocycles. The molecule has 2 aromatic rings. The molecule has 0 spiro atoms. The zero-order valence-electron chi connectivity index (χ0n) is 26.3. The van der Waals surface area contributed by atoms with Gasteiger partial charge in [-0.2, -0.15) is 30.0 Å². The summed E-state index contributed by atoms with van der Waals surface area (Å²) in [6.45, 7) is 22.1. The highest BCUT2D eigenvalue weighted by Crippen LogP contribution is 2.28. The van der Waals surface area contributed by atoms with Gasteiger partial charge in [0.15, 0.2) is 5.82 Å². The second kappa shape index (κ2) is 23.3. The minimum Gasteiger partial charge on any atom is -0.382 e. The second-order valence-corrected chi connectivity index (χ2v) is 9.41. The Balaban J connectivity index is 0. The number of hydrogen-bond acceptors (Lipinski definition) is 7. The second-order valence-electron chi connectivity index (χ2n) is 8.42. The van der Waals surface area contributed by atoms with E-state index in [4.69, 9.17) is 5.73 Å². The Morgan fingerprint density at radius 1 is 1.21 bits per heavy atom. The smallest absolute Gasteiger partial charge is 0.382 e. The van der Waals surface area contributed by atoms with Crippen LogP contribution < -0.4 is 21.7 Å². The summed E-state index contributed by atoms with van der Waals surface area (Å²) in [5.41, 5.74) is 10.2. The first-order chi connectivity index (χ1) is 19.8. The summed E-state index contributed by atoms with van der Waals surface area (Å²) in [7, 11) is 0. The normalized spacial score (nSPS) is 11.8. The summed E-state index contributed by atoms with van der Waals surface area (Å²) in [4.78, 5) is 4.05. The zero-order chi connectivity index (χ0) is 32.7. The first kappa shape index (κ1) is 40.9. The lowest BCUT2D eigenvalue weighted by Crippen LogP contribution is -2.23. The van der Waals surface area contributed by atoms with E-state index in [1.165, 1.54) is 25.5 Å². The lowest BCUT2D eigenvalue weighted by Gasteiger charge is -2.06. The highest BCUT2D eigenvalue weighted by molar-refractivity contribution is 7.98. The van der Waals surface area contributed by atoms with Gasteiger partial charge in [0.2, 0.25) is 0 Å². The Labute approximate surface area is 253 Å². The van der Waals surface area contributed by atoms with Crippen molar-refractivity contribution < 1.29 is 17.6 Å². The number of halogens is 4. The van der Waals surface area contributed by atoms with Crippen LogP contribution in [0, 0.1) is 0 Å². The van der Waals surface area contributed by atoms with E-state index in [0.717, 1.165) is 53.7 Å². The quantitative estimate of drug-likeness (QED) is 0.0637. The summed E-state index contributed by atoms with van der Waals surface area (Å²) in [5.74, 6) is 1.31. The molecular weight excluding hydrogens is 566 g/mol. The summed E-state index contributed by atoms with van der Waals surface area (Å²) in [5, 5.41) is 13.4. The van der Waals surface area contributed by atoms with Crippen molar-refractivity contribution in [3.63, 3.8) is 0 Å². The van der Waals surface area contributed by atoms with E-state index in [9.17, 15) is 17.6 Å². The van der Waals surface area contributed by atoms with Crippen LogP contribution in [0.2, 0.25) is 0 Å². The minimum absolute atomic E-state index is 0.218. The van der Waals surface area contributed by atoms with Gasteiger partial charge in [0.05, 0.1) is 6.67 Å². The number of thioether (sulfide) groups is 1. The standard InChI is InChI=1S/C14H19N5S.C8H15FN2.C6H9F3.C2H6/c1-4-10(2)12-11(7-16-5-6-20-3)8-19-13(12)14(15)17-9-18-19;1-4-8(3)11-6-10-5-7(2)9;1-3-4-5(2)6(7,8)9;1-2/h4,8-9,16H,1-2,5-7H2,3H3,(H2,15,17,18);4-5,10-11H,6H2,1-3H3;4H,3H2,1-2H3;1-2H3/b;7-5-,8-4+;5-4+;. The average molecular weight is 616 g/mol. The van der Waals surface area contributed by atoms with Gasteiger partial charge in [0, 0.05) is 48.1 Å². The van der Waals surface area contributed by atoms with Crippen molar-refractivity contribution in [3.05, 3.63) is 78.3 Å². The highest BCUT2D eigenvalue weighted by Gasteiger charge is 2.29. The number of nitrogens with one attached hydrogen (secondary N) is 3. The van der Waals surface area contributed by atoms with E-state index in [1.807, 2.05) is 51.7 Å². The van der Waals surface area contributed by atoms with Gasteiger partial charge < -0.3 is 21.7 Å². The summed E-state index contributed by atoms with van der Waals surface area (Å²) >= 11 is 1.82. The number of nitrogens with zero attached hydrogens (tertiary/aromatic N) is 3. The van der Waals surface area contributed by atoms with Gasteiger partial charge in [-0.3, -0.25) is 0 Å². The van der Waals surface area contributed by atoms with E-state index < -0.39 is 11.7 Å². The van der Waals surface area contributed by atoms with Crippen LogP contribution in [0.1, 0.15) is 66.0 Å². The molecule has 2 rings (SSSR count). The lowest BCUT2D eigenvalue weighted by atomic mass is 10.0. The Kier molecular flexibility index (Phi) is 22.7. The first-order valence-electron chi connectivity index (χ1n) is 13.6. The van der Waals surface area contributed by atoms with Gasteiger partial charge in [-0.25, -0.2) is 13.9 Å². The average Bonchev–Trinajstić information content (AvgIpc) is 3.34. The molecule has 0 saturated heterocycles. The van der Waals surface area contributed by atoms with E-state index >= 15 is 0 Å². The van der Waals surface area contributed by atoms with Crippen molar-refractivity contribution in [2.45, 2.75) is 67.6 Å². The third-order valence-corrected chi connectivity index (χ3v) is 5.82. The fourth-order valence-corrected chi connectivity index (χ4v) is 3.33. The Morgan fingerprint density at radius 2 is 1.86 bits per heavy atom. The number of anilines is 1. The highest BCUT2D eigenvalue weighted by atomic mass is 32.2. The fourth-order valence-electron chi connectivity index (χ4n) is 2.98. The molecule has 0 bridgehead atoms. The predicted molar refractivity (Wildman–Crippen MR) is 174 cm³/mol. The molecule has 0 fully saturated rings. The van der Waals surface area contributed by atoms with Crippen LogP contribution in [0.4, 0.5) is 23.4 Å². The molecule has 7 nitrogen and oxygen atoms in total.